The summed E-state index contributed by atoms with van der Waals surface area (Å²) in [5.41, 5.74) is 0. The van der Waals surface area contributed by atoms with Crippen molar-refractivity contribution in [1.82, 2.24) is 4.90 Å². The molecule has 0 radical (unpaired) electrons. The Bertz CT molecular complexity index is 355. The lowest BCUT2D eigenvalue weighted by Gasteiger charge is -2.33. The highest BCUT2D eigenvalue weighted by molar-refractivity contribution is 5.71. The van der Waals surface area contributed by atoms with E-state index in [9.17, 15) is 9.59 Å². The predicted molar refractivity (Wildman–Crippen MR) is 65.1 cm³/mol. The molecule has 1 saturated heterocycles. The molecule has 5 nitrogen and oxygen atoms in total. The van der Waals surface area contributed by atoms with Crippen LogP contribution in [0.15, 0.2) is 12.7 Å². The maximum Gasteiger partial charge on any atom is 0.410 e. The summed E-state index contributed by atoms with van der Waals surface area (Å²) in [4.78, 5) is 24.6. The molecular weight excluding hydrogens is 234 g/mol. The van der Waals surface area contributed by atoms with Crippen molar-refractivity contribution in [2.45, 2.75) is 31.7 Å². The Labute approximate surface area is 106 Å². The first kappa shape index (κ1) is 12.9. The number of carboxylic acids is 1. The third-order valence-electron chi connectivity index (χ3n) is 4.01. The number of fused-ring (bicyclic) bond motifs is 1. The summed E-state index contributed by atoms with van der Waals surface area (Å²) in [5, 5.41) is 9.08. The number of nitrogens with zero attached hydrogens (tertiary/aromatic N) is 1. The summed E-state index contributed by atoms with van der Waals surface area (Å²) >= 11 is 0. The zero-order chi connectivity index (χ0) is 13.1. The number of carboxylic acid groups (broad SMARTS) is 1. The van der Waals surface area contributed by atoms with E-state index in [1.807, 2.05) is 0 Å². The van der Waals surface area contributed by atoms with Crippen LogP contribution in [-0.4, -0.2) is 41.3 Å². The molecule has 1 amide bonds. The lowest BCUT2D eigenvalue weighted by Crippen LogP contribution is -2.42. The van der Waals surface area contributed by atoms with E-state index in [-0.39, 0.29) is 24.7 Å². The molecule has 2 fully saturated rings. The molecule has 3 atom stereocenters. The fourth-order valence-electron chi connectivity index (χ4n) is 3.06. The highest BCUT2D eigenvalue weighted by atomic mass is 16.6. The van der Waals surface area contributed by atoms with E-state index >= 15 is 0 Å². The van der Waals surface area contributed by atoms with Gasteiger partial charge < -0.3 is 14.7 Å². The van der Waals surface area contributed by atoms with Gasteiger partial charge in [0.25, 0.3) is 0 Å². The van der Waals surface area contributed by atoms with Crippen LogP contribution in [0, 0.1) is 11.8 Å². The third kappa shape index (κ3) is 2.49. The van der Waals surface area contributed by atoms with Crippen molar-refractivity contribution in [3.05, 3.63) is 12.7 Å². The van der Waals surface area contributed by atoms with Crippen LogP contribution in [0.4, 0.5) is 4.79 Å². The number of aliphatic carboxylic acids is 1. The van der Waals surface area contributed by atoms with Gasteiger partial charge in [-0.3, -0.25) is 4.79 Å². The monoisotopic (exact) mass is 253 g/mol. The first-order valence-electron chi connectivity index (χ1n) is 6.40. The Hall–Kier alpha value is -1.52. The molecule has 0 aromatic heterocycles. The highest BCUT2D eigenvalue weighted by Gasteiger charge is 2.43. The molecule has 1 heterocycles. The van der Waals surface area contributed by atoms with E-state index in [2.05, 4.69) is 6.58 Å². The van der Waals surface area contributed by atoms with Gasteiger partial charge in [-0.2, -0.15) is 0 Å². The normalized spacial score (nSPS) is 30.7. The molecule has 0 bridgehead atoms. The van der Waals surface area contributed by atoms with Crippen LogP contribution in [0.1, 0.15) is 25.7 Å². The van der Waals surface area contributed by atoms with Gasteiger partial charge in [0, 0.05) is 12.6 Å². The van der Waals surface area contributed by atoms with Gasteiger partial charge in [-0.1, -0.05) is 12.7 Å². The van der Waals surface area contributed by atoms with Crippen LogP contribution in [-0.2, 0) is 9.53 Å². The molecule has 100 valence electrons. The van der Waals surface area contributed by atoms with Crippen LogP contribution >= 0.6 is 0 Å². The molecule has 2 aliphatic rings. The quantitative estimate of drug-likeness (QED) is 0.780. The third-order valence-corrected chi connectivity index (χ3v) is 4.01. The van der Waals surface area contributed by atoms with Crippen molar-refractivity contribution in [2.75, 3.05) is 13.2 Å². The van der Waals surface area contributed by atoms with Crippen LogP contribution in [0.5, 0.6) is 0 Å². The Balaban J connectivity index is 1.99. The van der Waals surface area contributed by atoms with Crippen molar-refractivity contribution in [1.29, 1.82) is 0 Å². The summed E-state index contributed by atoms with van der Waals surface area (Å²) in [5.74, 6) is -0.629. The molecule has 1 aliphatic carbocycles. The number of ether oxygens (including phenoxy) is 1. The highest BCUT2D eigenvalue weighted by Crippen LogP contribution is 2.39. The Kier molecular flexibility index (Phi) is 3.89. The second kappa shape index (κ2) is 5.42. The second-order valence-corrected chi connectivity index (χ2v) is 5.02. The van der Waals surface area contributed by atoms with Gasteiger partial charge in [-0.05, 0) is 31.6 Å². The molecule has 18 heavy (non-hydrogen) atoms. The van der Waals surface area contributed by atoms with Gasteiger partial charge in [-0.15, -0.1) is 0 Å². The SMILES string of the molecule is C=CCOC(=O)N1CC[C@@H]2CC[C@@H](C(=O)O)C[C@@H]21. The largest absolute Gasteiger partial charge is 0.481 e. The summed E-state index contributed by atoms with van der Waals surface area (Å²) in [6, 6.07) is 0.0390. The van der Waals surface area contributed by atoms with Gasteiger partial charge in [0.15, 0.2) is 0 Å². The van der Waals surface area contributed by atoms with Crippen molar-refractivity contribution >= 4 is 12.1 Å². The van der Waals surface area contributed by atoms with Crippen molar-refractivity contribution in [3.8, 4) is 0 Å². The number of amides is 1. The molecule has 0 aromatic carbocycles. The number of likely N-dealkylation sites (tertiary alicyclic amines) is 1. The topological polar surface area (TPSA) is 66.8 Å². The molecule has 2 rings (SSSR count). The van der Waals surface area contributed by atoms with Crippen molar-refractivity contribution < 1.29 is 19.4 Å². The van der Waals surface area contributed by atoms with Crippen LogP contribution in [0.25, 0.3) is 0 Å². The predicted octanol–water partition coefficient (Wildman–Crippen LogP) is 1.88. The number of carbonyl (C=O) groups is 2. The molecule has 1 aliphatic heterocycles. The Morgan fingerprint density at radius 3 is 2.83 bits per heavy atom. The number of hydrogen-bond donors (Lipinski definition) is 1. The maximum absolute atomic E-state index is 11.8. The standard InChI is InChI=1S/C13H19NO4/c1-2-7-18-13(17)14-6-5-9-3-4-10(12(15)16)8-11(9)14/h2,9-11H,1,3-8H2,(H,15,16)/t9-,10+,11-/m0/s1. The molecule has 0 aromatic rings. The minimum atomic E-state index is -0.750. The van der Waals surface area contributed by atoms with Crippen LogP contribution in [0.2, 0.25) is 0 Å². The van der Waals surface area contributed by atoms with Crippen LogP contribution < -0.4 is 0 Å². The molecule has 1 N–H and O–H groups in total. The van der Waals surface area contributed by atoms with Gasteiger partial charge in [0.05, 0.1) is 5.92 Å². The second-order valence-electron chi connectivity index (χ2n) is 5.02. The van der Waals surface area contributed by atoms with Crippen molar-refractivity contribution in [2.24, 2.45) is 11.8 Å². The number of rotatable bonds is 3. The van der Waals surface area contributed by atoms with Crippen molar-refractivity contribution in [3.63, 3.8) is 0 Å². The van der Waals surface area contributed by atoms with Gasteiger partial charge >= 0.3 is 12.1 Å². The first-order valence-corrected chi connectivity index (χ1v) is 6.40. The zero-order valence-electron chi connectivity index (χ0n) is 10.4. The van der Waals surface area contributed by atoms with E-state index in [1.54, 1.807) is 4.90 Å². The molecule has 5 heteroatoms. The minimum Gasteiger partial charge on any atom is -0.481 e. The zero-order valence-corrected chi connectivity index (χ0v) is 10.4. The Morgan fingerprint density at radius 2 is 2.17 bits per heavy atom. The fraction of sp³-hybridized carbons (Fsp3) is 0.692. The lowest BCUT2D eigenvalue weighted by molar-refractivity contribution is -0.143. The summed E-state index contributed by atoms with van der Waals surface area (Å²) < 4.78 is 5.04. The number of carbonyl (C=O) groups excluding carboxylic acids is 1. The number of hydrogen-bond acceptors (Lipinski definition) is 3. The summed E-state index contributed by atoms with van der Waals surface area (Å²) in [6.45, 7) is 4.38. The minimum absolute atomic E-state index is 0.0390. The fourth-order valence-corrected chi connectivity index (χ4v) is 3.06. The average molecular weight is 253 g/mol. The lowest BCUT2D eigenvalue weighted by atomic mass is 9.79. The van der Waals surface area contributed by atoms with E-state index in [4.69, 9.17) is 9.84 Å². The van der Waals surface area contributed by atoms with E-state index < -0.39 is 5.97 Å². The average Bonchev–Trinajstić information content (AvgIpc) is 2.78. The smallest absolute Gasteiger partial charge is 0.410 e. The van der Waals surface area contributed by atoms with E-state index in [0.717, 1.165) is 19.3 Å². The van der Waals surface area contributed by atoms with E-state index in [1.165, 1.54) is 6.08 Å². The summed E-state index contributed by atoms with van der Waals surface area (Å²) in [6.07, 6.45) is 4.34. The molecular formula is C13H19NO4. The molecule has 0 unspecified atom stereocenters. The van der Waals surface area contributed by atoms with Gasteiger partial charge in [0.1, 0.15) is 6.61 Å². The summed E-state index contributed by atoms with van der Waals surface area (Å²) in [7, 11) is 0. The molecule has 1 saturated carbocycles. The van der Waals surface area contributed by atoms with Gasteiger partial charge in [0.2, 0.25) is 0 Å². The van der Waals surface area contributed by atoms with E-state index in [0.29, 0.717) is 18.9 Å². The molecule has 0 spiro atoms. The Morgan fingerprint density at radius 1 is 1.39 bits per heavy atom. The van der Waals surface area contributed by atoms with Crippen LogP contribution in [0.3, 0.4) is 0 Å². The van der Waals surface area contributed by atoms with Gasteiger partial charge in [-0.25, -0.2) is 4.79 Å². The first-order chi connectivity index (χ1) is 8.63. The maximum atomic E-state index is 11.8.